The van der Waals surface area contributed by atoms with E-state index in [1.165, 1.54) is 0 Å². The average molecular weight is 385 g/mol. The monoisotopic (exact) mass is 384 g/mol. The van der Waals surface area contributed by atoms with Gasteiger partial charge in [0.15, 0.2) is 8.32 Å². The largest absolute Gasteiger partial charge is 0.435 e. The molecule has 1 aliphatic heterocycles. The normalized spacial score (nSPS) is 31.1. The van der Waals surface area contributed by atoms with Crippen LogP contribution in [0.25, 0.3) is 0 Å². The smallest absolute Gasteiger partial charge is 0.322 e. The Kier molecular flexibility index (Phi) is 5.76. The van der Waals surface area contributed by atoms with Gasteiger partial charge in [0, 0.05) is 0 Å². The first-order chi connectivity index (χ1) is 9.04. The fourth-order valence-corrected chi connectivity index (χ4v) is 27.3. The summed E-state index contributed by atoms with van der Waals surface area (Å²) in [6, 6.07) is 0. The van der Waals surface area contributed by atoms with Crippen LogP contribution in [0.3, 0.4) is 0 Å². The Morgan fingerprint density at radius 2 is 0.810 bits per heavy atom. The predicted octanol–water partition coefficient (Wildman–Crippen LogP) is 3.63. The van der Waals surface area contributed by atoms with E-state index in [1.807, 2.05) is 0 Å². The standard InChI is InChI=1S/C11H32O5Si5/c1-17(2)11-12-18(3,4)14-20(7,8)16-21(9,10)15-19(5,6)13-17/h11H2,1-10H3. The van der Waals surface area contributed by atoms with Crippen LogP contribution in [-0.2, 0) is 20.9 Å². The van der Waals surface area contributed by atoms with Crippen LogP contribution >= 0.6 is 0 Å². The van der Waals surface area contributed by atoms with E-state index < -0.39 is 42.6 Å². The van der Waals surface area contributed by atoms with E-state index in [1.54, 1.807) is 0 Å². The SMILES string of the molecule is C[Si]1(C)CO[Si](C)(C)O[Si](C)(C)O[Si](C)(C)O[Si](C)(C)O1. The fraction of sp³-hybridized carbons (Fsp3) is 1.00. The van der Waals surface area contributed by atoms with Crippen molar-refractivity contribution in [3.63, 3.8) is 0 Å². The molecule has 1 heterocycles. The third-order valence-corrected chi connectivity index (χ3v) is 20.7. The van der Waals surface area contributed by atoms with E-state index in [4.69, 9.17) is 20.9 Å². The first-order valence-electron chi connectivity index (χ1n) is 7.48. The van der Waals surface area contributed by atoms with Crippen molar-refractivity contribution < 1.29 is 20.9 Å². The van der Waals surface area contributed by atoms with Crippen LogP contribution in [0.5, 0.6) is 0 Å². The highest BCUT2D eigenvalue weighted by atomic mass is 28.5. The topological polar surface area (TPSA) is 46.2 Å². The molecule has 21 heavy (non-hydrogen) atoms. The highest BCUT2D eigenvalue weighted by Crippen LogP contribution is 2.28. The molecule has 0 bridgehead atoms. The van der Waals surface area contributed by atoms with Crippen LogP contribution in [-0.4, -0.2) is 48.8 Å². The fourth-order valence-electron chi connectivity index (χ4n) is 2.91. The van der Waals surface area contributed by atoms with Crippen molar-refractivity contribution in [3.05, 3.63) is 0 Å². The first-order valence-corrected chi connectivity index (χ1v) is 21.9. The van der Waals surface area contributed by atoms with Crippen molar-refractivity contribution in [2.45, 2.75) is 65.5 Å². The van der Waals surface area contributed by atoms with Crippen molar-refractivity contribution in [1.29, 1.82) is 0 Å². The van der Waals surface area contributed by atoms with Crippen LogP contribution in [0, 0.1) is 0 Å². The van der Waals surface area contributed by atoms with Gasteiger partial charge in [-0.15, -0.1) is 0 Å². The van der Waals surface area contributed by atoms with Gasteiger partial charge in [-0.2, -0.15) is 0 Å². The molecule has 126 valence electrons. The van der Waals surface area contributed by atoms with Crippen LogP contribution < -0.4 is 0 Å². The molecule has 0 aliphatic carbocycles. The van der Waals surface area contributed by atoms with Gasteiger partial charge in [0.1, 0.15) is 0 Å². The molecule has 1 rings (SSSR count). The van der Waals surface area contributed by atoms with E-state index in [9.17, 15) is 0 Å². The molecule has 5 nitrogen and oxygen atoms in total. The second-order valence-electron chi connectivity index (χ2n) is 8.06. The molecule has 1 fully saturated rings. The van der Waals surface area contributed by atoms with Crippen LogP contribution in [0.15, 0.2) is 0 Å². The van der Waals surface area contributed by atoms with Crippen molar-refractivity contribution in [2.75, 3.05) is 6.23 Å². The van der Waals surface area contributed by atoms with Gasteiger partial charge in [-0.1, -0.05) is 0 Å². The Balaban J connectivity index is 3.11. The van der Waals surface area contributed by atoms with Gasteiger partial charge >= 0.3 is 34.2 Å². The Hall–Kier alpha value is 0.884. The maximum atomic E-state index is 6.42. The highest BCUT2D eigenvalue weighted by molar-refractivity contribution is 6.90. The summed E-state index contributed by atoms with van der Waals surface area (Å²) in [6.45, 7) is 21.1. The molecular formula is C11H32O5Si5. The summed E-state index contributed by atoms with van der Waals surface area (Å²) in [4.78, 5) is 0. The summed E-state index contributed by atoms with van der Waals surface area (Å²) in [5, 5.41) is 0. The van der Waals surface area contributed by atoms with Crippen molar-refractivity contribution in [2.24, 2.45) is 0 Å². The van der Waals surface area contributed by atoms with Crippen LogP contribution in [0.2, 0.25) is 65.5 Å². The van der Waals surface area contributed by atoms with Crippen molar-refractivity contribution in [1.82, 2.24) is 0 Å². The third kappa shape index (κ3) is 7.33. The molecule has 0 radical (unpaired) electrons. The van der Waals surface area contributed by atoms with Gasteiger partial charge in [-0.3, -0.25) is 0 Å². The van der Waals surface area contributed by atoms with E-state index >= 15 is 0 Å². The molecule has 0 atom stereocenters. The summed E-state index contributed by atoms with van der Waals surface area (Å²) in [7, 11) is -10.9. The lowest BCUT2D eigenvalue weighted by Crippen LogP contribution is -2.57. The lowest BCUT2D eigenvalue weighted by atomic mass is 11.7. The Morgan fingerprint density at radius 3 is 1.24 bits per heavy atom. The third-order valence-electron chi connectivity index (χ3n) is 2.76. The number of hydrogen-bond acceptors (Lipinski definition) is 5. The molecule has 0 aromatic heterocycles. The second kappa shape index (κ2) is 6.07. The molecule has 1 aliphatic rings. The molecule has 0 unspecified atom stereocenters. The molecule has 0 saturated carbocycles. The minimum atomic E-state index is -2.28. The van der Waals surface area contributed by atoms with Gasteiger partial charge in [-0.25, -0.2) is 0 Å². The number of rotatable bonds is 0. The molecule has 1 saturated heterocycles. The van der Waals surface area contributed by atoms with Gasteiger partial charge in [0.25, 0.3) is 0 Å². The average Bonchev–Trinajstić information content (AvgIpc) is 2.05. The van der Waals surface area contributed by atoms with E-state index in [0.29, 0.717) is 6.23 Å². The zero-order chi connectivity index (χ0) is 16.7. The summed E-state index contributed by atoms with van der Waals surface area (Å²) >= 11 is 0. The predicted molar refractivity (Wildman–Crippen MR) is 97.7 cm³/mol. The summed E-state index contributed by atoms with van der Waals surface area (Å²) < 4.78 is 31.6. The molecule has 0 spiro atoms. The minimum Gasteiger partial charge on any atom is -0.435 e. The Morgan fingerprint density at radius 1 is 0.476 bits per heavy atom. The molecule has 0 amide bonds. The number of hydrogen-bond donors (Lipinski definition) is 0. The van der Waals surface area contributed by atoms with Crippen molar-refractivity contribution >= 4 is 42.6 Å². The van der Waals surface area contributed by atoms with Crippen LogP contribution in [0.1, 0.15) is 0 Å². The molecule has 0 aromatic carbocycles. The summed E-state index contributed by atoms with van der Waals surface area (Å²) in [6.07, 6.45) is 0.651. The molecular weight excluding hydrogens is 353 g/mol. The minimum absolute atomic E-state index is 0.651. The summed E-state index contributed by atoms with van der Waals surface area (Å²) in [5.74, 6) is 0. The zero-order valence-electron chi connectivity index (χ0n) is 15.2. The van der Waals surface area contributed by atoms with Crippen LogP contribution in [0.4, 0.5) is 0 Å². The van der Waals surface area contributed by atoms with Gasteiger partial charge in [0.05, 0.1) is 6.23 Å². The quantitative estimate of drug-likeness (QED) is 0.597. The van der Waals surface area contributed by atoms with Gasteiger partial charge < -0.3 is 20.9 Å². The molecule has 0 N–H and O–H groups in total. The van der Waals surface area contributed by atoms with Gasteiger partial charge in [-0.05, 0) is 65.5 Å². The highest BCUT2D eigenvalue weighted by Gasteiger charge is 2.48. The van der Waals surface area contributed by atoms with Crippen molar-refractivity contribution in [3.8, 4) is 0 Å². The summed E-state index contributed by atoms with van der Waals surface area (Å²) in [5.41, 5.74) is 0. The molecule has 0 aromatic rings. The van der Waals surface area contributed by atoms with E-state index in [2.05, 4.69) is 65.5 Å². The Labute approximate surface area is 135 Å². The lowest BCUT2D eigenvalue weighted by molar-refractivity contribution is 0.253. The Bertz CT molecular complexity index is 349. The van der Waals surface area contributed by atoms with E-state index in [-0.39, 0.29) is 0 Å². The maximum absolute atomic E-state index is 6.42. The first kappa shape index (κ1) is 19.9. The zero-order valence-corrected chi connectivity index (χ0v) is 20.2. The maximum Gasteiger partial charge on any atom is 0.322 e. The van der Waals surface area contributed by atoms with E-state index in [0.717, 1.165) is 0 Å². The second-order valence-corrected chi connectivity index (χ2v) is 26.6. The molecule has 10 heteroatoms. The van der Waals surface area contributed by atoms with Gasteiger partial charge in [0.2, 0.25) is 0 Å². The lowest BCUT2D eigenvalue weighted by Gasteiger charge is -2.39.